The van der Waals surface area contributed by atoms with Crippen molar-refractivity contribution in [3.8, 4) is 0 Å². The van der Waals surface area contributed by atoms with Gasteiger partial charge in [-0.05, 0) is 30.9 Å². The van der Waals surface area contributed by atoms with Crippen LogP contribution in [-0.4, -0.2) is 38.9 Å². The van der Waals surface area contributed by atoms with Crippen LogP contribution in [0.1, 0.15) is 30.1 Å². The zero-order chi connectivity index (χ0) is 15.1. The van der Waals surface area contributed by atoms with Crippen molar-refractivity contribution in [1.82, 2.24) is 10.6 Å². The smallest absolute Gasteiger partial charge is 0.315 e. The number of nitrogens with one attached hydrogen (secondary N) is 2. The van der Waals surface area contributed by atoms with Crippen molar-refractivity contribution >= 4 is 6.03 Å². The molecule has 0 aromatic heterocycles. The molecule has 2 amide bonds. The molecule has 1 fully saturated rings. The molecule has 5 nitrogen and oxygen atoms in total. The van der Waals surface area contributed by atoms with Crippen LogP contribution in [0.2, 0.25) is 0 Å². The average molecular weight is 292 g/mol. The molecule has 1 heterocycles. The second-order valence-electron chi connectivity index (χ2n) is 5.32. The van der Waals surface area contributed by atoms with E-state index in [0.717, 1.165) is 37.2 Å². The van der Waals surface area contributed by atoms with Gasteiger partial charge < -0.3 is 20.1 Å². The van der Waals surface area contributed by atoms with Gasteiger partial charge in [-0.3, -0.25) is 0 Å². The SMILES string of the molecule is COC(CNC(=O)NC1CCOCC1)c1ccccc1C. The van der Waals surface area contributed by atoms with Gasteiger partial charge in [0, 0.05) is 32.9 Å². The summed E-state index contributed by atoms with van der Waals surface area (Å²) >= 11 is 0. The maximum atomic E-state index is 11.9. The number of benzene rings is 1. The van der Waals surface area contributed by atoms with E-state index in [9.17, 15) is 4.79 Å². The van der Waals surface area contributed by atoms with Crippen LogP contribution >= 0.6 is 0 Å². The third-order valence-electron chi connectivity index (χ3n) is 3.82. The summed E-state index contributed by atoms with van der Waals surface area (Å²) in [4.78, 5) is 11.9. The molecule has 1 aliphatic rings. The number of rotatable bonds is 5. The molecule has 1 aromatic rings. The largest absolute Gasteiger partial charge is 0.381 e. The lowest BCUT2D eigenvalue weighted by molar-refractivity contribution is 0.0790. The maximum Gasteiger partial charge on any atom is 0.315 e. The van der Waals surface area contributed by atoms with Crippen molar-refractivity contribution in [3.05, 3.63) is 35.4 Å². The molecule has 0 radical (unpaired) electrons. The zero-order valence-corrected chi connectivity index (χ0v) is 12.7. The van der Waals surface area contributed by atoms with Crippen LogP contribution in [-0.2, 0) is 9.47 Å². The van der Waals surface area contributed by atoms with Gasteiger partial charge >= 0.3 is 6.03 Å². The Kier molecular flexibility index (Phi) is 6.02. The Balaban J connectivity index is 1.82. The molecule has 1 aliphatic heterocycles. The second kappa shape index (κ2) is 8.00. The van der Waals surface area contributed by atoms with Crippen LogP contribution in [0, 0.1) is 6.92 Å². The molecule has 0 spiro atoms. The van der Waals surface area contributed by atoms with Crippen molar-refractivity contribution < 1.29 is 14.3 Å². The van der Waals surface area contributed by atoms with E-state index in [1.165, 1.54) is 0 Å². The van der Waals surface area contributed by atoms with Gasteiger partial charge in [0.2, 0.25) is 0 Å². The summed E-state index contributed by atoms with van der Waals surface area (Å²) in [6.07, 6.45) is 1.62. The molecular weight excluding hydrogens is 268 g/mol. The van der Waals surface area contributed by atoms with E-state index in [2.05, 4.69) is 10.6 Å². The average Bonchev–Trinajstić information content (AvgIpc) is 2.50. The summed E-state index contributed by atoms with van der Waals surface area (Å²) in [5, 5.41) is 5.87. The van der Waals surface area contributed by atoms with E-state index in [-0.39, 0.29) is 18.2 Å². The standard InChI is InChI=1S/C16H24N2O3/c1-12-5-3-4-6-14(12)15(20-2)11-17-16(19)18-13-7-9-21-10-8-13/h3-6,13,15H,7-11H2,1-2H3,(H2,17,18,19). The number of methoxy groups -OCH3 is 1. The molecule has 0 saturated carbocycles. The first-order chi connectivity index (χ1) is 10.2. The number of carbonyl (C=O) groups excluding carboxylic acids is 1. The van der Waals surface area contributed by atoms with E-state index >= 15 is 0 Å². The Hall–Kier alpha value is -1.59. The van der Waals surface area contributed by atoms with E-state index < -0.39 is 0 Å². The topological polar surface area (TPSA) is 59.6 Å². The van der Waals surface area contributed by atoms with Crippen LogP contribution in [0.25, 0.3) is 0 Å². The maximum absolute atomic E-state index is 11.9. The molecule has 0 aliphatic carbocycles. The Morgan fingerprint density at radius 1 is 1.38 bits per heavy atom. The predicted octanol–water partition coefficient (Wildman–Crippen LogP) is 2.16. The molecule has 21 heavy (non-hydrogen) atoms. The molecule has 1 unspecified atom stereocenters. The second-order valence-corrected chi connectivity index (χ2v) is 5.32. The summed E-state index contributed by atoms with van der Waals surface area (Å²) in [7, 11) is 1.66. The van der Waals surface area contributed by atoms with E-state index in [1.54, 1.807) is 7.11 Å². The fourth-order valence-electron chi connectivity index (χ4n) is 2.53. The van der Waals surface area contributed by atoms with Crippen molar-refractivity contribution in [2.45, 2.75) is 31.9 Å². The molecule has 1 saturated heterocycles. The lowest BCUT2D eigenvalue weighted by atomic mass is 10.0. The highest BCUT2D eigenvalue weighted by Crippen LogP contribution is 2.19. The van der Waals surface area contributed by atoms with Gasteiger partial charge in [-0.15, -0.1) is 0 Å². The molecule has 116 valence electrons. The summed E-state index contributed by atoms with van der Waals surface area (Å²) in [6, 6.07) is 8.12. The third-order valence-corrected chi connectivity index (χ3v) is 3.82. The molecule has 1 aromatic carbocycles. The molecule has 0 bridgehead atoms. The Morgan fingerprint density at radius 2 is 2.10 bits per heavy atom. The van der Waals surface area contributed by atoms with Crippen LogP contribution in [0.15, 0.2) is 24.3 Å². The number of amides is 2. The summed E-state index contributed by atoms with van der Waals surface area (Å²) in [5.74, 6) is 0. The van der Waals surface area contributed by atoms with Crippen molar-refractivity contribution in [2.75, 3.05) is 26.9 Å². The van der Waals surface area contributed by atoms with Crippen LogP contribution < -0.4 is 10.6 Å². The third kappa shape index (κ3) is 4.72. The molecule has 2 N–H and O–H groups in total. The zero-order valence-electron chi connectivity index (χ0n) is 12.7. The minimum atomic E-state index is -0.141. The van der Waals surface area contributed by atoms with Crippen LogP contribution in [0.3, 0.4) is 0 Å². The highest BCUT2D eigenvalue weighted by atomic mass is 16.5. The number of carbonyl (C=O) groups is 1. The Bertz CT molecular complexity index is 459. The van der Waals surface area contributed by atoms with Crippen molar-refractivity contribution in [3.63, 3.8) is 0 Å². The van der Waals surface area contributed by atoms with Crippen LogP contribution in [0.5, 0.6) is 0 Å². The van der Waals surface area contributed by atoms with E-state index in [4.69, 9.17) is 9.47 Å². The van der Waals surface area contributed by atoms with Gasteiger partial charge in [-0.1, -0.05) is 24.3 Å². The molecule has 5 heteroatoms. The first-order valence-corrected chi connectivity index (χ1v) is 7.41. The number of hydrogen-bond donors (Lipinski definition) is 2. The van der Waals surface area contributed by atoms with Gasteiger partial charge in [0.25, 0.3) is 0 Å². The fourth-order valence-corrected chi connectivity index (χ4v) is 2.53. The van der Waals surface area contributed by atoms with Gasteiger partial charge in [0.1, 0.15) is 0 Å². The lowest BCUT2D eigenvalue weighted by Crippen LogP contribution is -2.45. The summed E-state index contributed by atoms with van der Waals surface area (Å²) in [5.41, 5.74) is 2.27. The minimum Gasteiger partial charge on any atom is -0.381 e. The monoisotopic (exact) mass is 292 g/mol. The van der Waals surface area contributed by atoms with Crippen LogP contribution in [0.4, 0.5) is 4.79 Å². The molecule has 1 atom stereocenters. The lowest BCUT2D eigenvalue weighted by Gasteiger charge is -2.24. The van der Waals surface area contributed by atoms with Gasteiger partial charge in [0.15, 0.2) is 0 Å². The number of ether oxygens (including phenoxy) is 2. The summed E-state index contributed by atoms with van der Waals surface area (Å²) < 4.78 is 10.8. The minimum absolute atomic E-state index is 0.133. The quantitative estimate of drug-likeness (QED) is 0.874. The molecular formula is C16H24N2O3. The Labute approximate surface area is 126 Å². The fraction of sp³-hybridized carbons (Fsp3) is 0.562. The summed E-state index contributed by atoms with van der Waals surface area (Å²) in [6.45, 7) is 3.93. The van der Waals surface area contributed by atoms with Gasteiger partial charge in [0.05, 0.1) is 6.10 Å². The first-order valence-electron chi connectivity index (χ1n) is 7.41. The van der Waals surface area contributed by atoms with Gasteiger partial charge in [-0.2, -0.15) is 0 Å². The number of urea groups is 1. The normalized spacial score (nSPS) is 17.2. The first kappa shape index (κ1) is 15.8. The van der Waals surface area contributed by atoms with Crippen molar-refractivity contribution in [1.29, 1.82) is 0 Å². The molecule has 2 rings (SSSR count). The van der Waals surface area contributed by atoms with E-state index in [0.29, 0.717) is 6.54 Å². The highest BCUT2D eigenvalue weighted by molar-refractivity contribution is 5.74. The van der Waals surface area contributed by atoms with Crippen molar-refractivity contribution in [2.24, 2.45) is 0 Å². The highest BCUT2D eigenvalue weighted by Gasteiger charge is 2.18. The number of aryl methyl sites for hydroxylation is 1. The predicted molar refractivity (Wildman–Crippen MR) is 81.3 cm³/mol. The van der Waals surface area contributed by atoms with E-state index in [1.807, 2.05) is 31.2 Å². The number of hydrogen-bond acceptors (Lipinski definition) is 3. The Morgan fingerprint density at radius 3 is 2.76 bits per heavy atom. The van der Waals surface area contributed by atoms with Gasteiger partial charge in [-0.25, -0.2) is 4.79 Å².